The molecule has 0 N–H and O–H groups in total. The number of carbonyl (C=O) groups excluding carboxylic acids is 1. The summed E-state index contributed by atoms with van der Waals surface area (Å²) in [5, 5.41) is 1.44. The molecule has 0 atom stereocenters. The Hall–Kier alpha value is -1.86. The first kappa shape index (κ1) is 19.9. The van der Waals surface area contributed by atoms with Crippen LogP contribution in [0.3, 0.4) is 0 Å². The van der Waals surface area contributed by atoms with Crippen LogP contribution in [-0.4, -0.2) is 50.1 Å². The number of amides is 1. The van der Waals surface area contributed by atoms with Gasteiger partial charge < -0.3 is 9.64 Å². The van der Waals surface area contributed by atoms with E-state index in [2.05, 4.69) is 4.98 Å². The summed E-state index contributed by atoms with van der Waals surface area (Å²) in [7, 11) is 5.53. The monoisotopic (exact) mass is 423 g/mol. The van der Waals surface area contributed by atoms with Crippen molar-refractivity contribution in [3.63, 3.8) is 0 Å². The minimum atomic E-state index is -0.227. The summed E-state index contributed by atoms with van der Waals surface area (Å²) in [6.07, 6.45) is 0. The fourth-order valence-electron chi connectivity index (χ4n) is 2.53. The van der Waals surface area contributed by atoms with Crippen molar-refractivity contribution in [2.45, 2.75) is 0 Å². The second-order valence-corrected chi connectivity index (χ2v) is 8.07. The van der Waals surface area contributed by atoms with E-state index in [1.807, 2.05) is 37.2 Å². The maximum atomic E-state index is 13.2. The van der Waals surface area contributed by atoms with Gasteiger partial charge in [-0.15, -0.1) is 0 Å². The van der Waals surface area contributed by atoms with Crippen molar-refractivity contribution in [1.82, 2.24) is 9.88 Å². The van der Waals surface area contributed by atoms with Gasteiger partial charge in [-0.05, 0) is 44.4 Å². The number of hydrogen-bond acceptors (Lipinski definition) is 5. The number of thiazole rings is 1. The smallest absolute Gasteiger partial charge is 0.261 e. The Morgan fingerprint density at radius 3 is 2.63 bits per heavy atom. The summed E-state index contributed by atoms with van der Waals surface area (Å²) in [5.74, 6) is 0.499. The molecule has 27 heavy (non-hydrogen) atoms. The van der Waals surface area contributed by atoms with Crippen LogP contribution >= 0.6 is 34.5 Å². The average molecular weight is 424 g/mol. The predicted octanol–water partition coefficient (Wildman–Crippen LogP) is 4.82. The second-order valence-electron chi connectivity index (χ2n) is 6.21. The number of fused-ring (bicyclic) bond motifs is 1. The molecule has 2 aromatic carbocycles. The number of methoxy groups -OCH3 is 1. The number of anilines is 1. The number of benzene rings is 2. The van der Waals surface area contributed by atoms with E-state index in [4.69, 9.17) is 27.9 Å². The zero-order chi connectivity index (χ0) is 19.6. The summed E-state index contributed by atoms with van der Waals surface area (Å²) in [6.45, 7) is 1.16. The lowest BCUT2D eigenvalue weighted by atomic mass is 10.2. The summed E-state index contributed by atoms with van der Waals surface area (Å²) in [4.78, 5) is 21.5. The Kier molecular flexibility index (Phi) is 6.22. The lowest BCUT2D eigenvalue weighted by molar-refractivity contribution is 0.0985. The lowest BCUT2D eigenvalue weighted by Gasteiger charge is -2.22. The van der Waals surface area contributed by atoms with E-state index in [-0.39, 0.29) is 5.91 Å². The topological polar surface area (TPSA) is 45.7 Å². The van der Waals surface area contributed by atoms with Gasteiger partial charge in [0.25, 0.3) is 5.91 Å². The zero-order valence-corrected chi connectivity index (χ0v) is 17.5. The molecule has 0 aliphatic heterocycles. The fourth-order valence-corrected chi connectivity index (χ4v) is 3.87. The van der Waals surface area contributed by atoms with Crippen LogP contribution in [0.25, 0.3) is 10.2 Å². The highest BCUT2D eigenvalue weighted by Crippen LogP contribution is 2.33. The van der Waals surface area contributed by atoms with E-state index in [1.165, 1.54) is 11.3 Å². The van der Waals surface area contributed by atoms with Gasteiger partial charge in [0.1, 0.15) is 5.75 Å². The third-order valence-electron chi connectivity index (χ3n) is 3.99. The fraction of sp³-hybridized carbons (Fsp3) is 0.263. The normalized spacial score (nSPS) is 11.2. The number of halogens is 2. The molecule has 0 aliphatic carbocycles. The van der Waals surface area contributed by atoms with Crippen LogP contribution in [-0.2, 0) is 0 Å². The zero-order valence-electron chi connectivity index (χ0n) is 15.2. The molecular weight excluding hydrogens is 405 g/mol. The summed E-state index contributed by atoms with van der Waals surface area (Å²) in [5.41, 5.74) is 1.15. The Morgan fingerprint density at radius 2 is 1.93 bits per heavy atom. The van der Waals surface area contributed by atoms with Crippen molar-refractivity contribution in [1.29, 1.82) is 0 Å². The number of rotatable bonds is 6. The third kappa shape index (κ3) is 4.52. The molecule has 0 fully saturated rings. The summed E-state index contributed by atoms with van der Waals surface area (Å²) >= 11 is 13.8. The van der Waals surface area contributed by atoms with Crippen LogP contribution in [0.4, 0.5) is 5.13 Å². The minimum Gasteiger partial charge on any atom is -0.497 e. The first-order valence-corrected chi connectivity index (χ1v) is 9.82. The molecule has 0 aliphatic rings. The number of nitrogens with zero attached hydrogens (tertiary/aromatic N) is 3. The maximum absolute atomic E-state index is 13.2. The molecule has 1 aromatic heterocycles. The third-order valence-corrected chi connectivity index (χ3v) is 5.61. The van der Waals surface area contributed by atoms with Crippen molar-refractivity contribution in [3.8, 4) is 5.75 Å². The molecule has 0 saturated heterocycles. The molecule has 3 rings (SSSR count). The van der Waals surface area contributed by atoms with Crippen molar-refractivity contribution in [3.05, 3.63) is 52.0 Å². The maximum Gasteiger partial charge on any atom is 0.261 e. The Morgan fingerprint density at radius 1 is 1.15 bits per heavy atom. The van der Waals surface area contributed by atoms with Crippen molar-refractivity contribution >= 4 is 55.8 Å². The first-order valence-electron chi connectivity index (χ1n) is 8.25. The molecule has 0 bridgehead atoms. The predicted molar refractivity (Wildman–Crippen MR) is 113 cm³/mol. The molecule has 0 spiro atoms. The number of ether oxygens (including phenoxy) is 1. The van der Waals surface area contributed by atoms with Crippen LogP contribution < -0.4 is 9.64 Å². The van der Waals surface area contributed by atoms with Crippen LogP contribution in [0, 0.1) is 0 Å². The molecule has 1 heterocycles. The van der Waals surface area contributed by atoms with Gasteiger partial charge >= 0.3 is 0 Å². The molecule has 8 heteroatoms. The van der Waals surface area contributed by atoms with Crippen molar-refractivity contribution in [2.75, 3.05) is 39.2 Å². The summed E-state index contributed by atoms with van der Waals surface area (Å²) in [6, 6.07) is 10.6. The van der Waals surface area contributed by atoms with Gasteiger partial charge in [-0.3, -0.25) is 9.69 Å². The van der Waals surface area contributed by atoms with Gasteiger partial charge in [-0.25, -0.2) is 4.98 Å². The van der Waals surface area contributed by atoms with Gasteiger partial charge in [-0.1, -0.05) is 34.5 Å². The Bertz CT molecular complexity index is 975. The quantitative estimate of drug-likeness (QED) is 0.569. The lowest BCUT2D eigenvalue weighted by Crippen LogP contribution is -2.36. The van der Waals surface area contributed by atoms with Gasteiger partial charge in [0.2, 0.25) is 0 Å². The highest BCUT2D eigenvalue weighted by molar-refractivity contribution is 7.22. The van der Waals surface area contributed by atoms with Crippen LogP contribution in [0.2, 0.25) is 10.0 Å². The van der Waals surface area contributed by atoms with E-state index in [1.54, 1.807) is 30.2 Å². The highest BCUT2D eigenvalue weighted by atomic mass is 35.5. The molecule has 5 nitrogen and oxygen atoms in total. The van der Waals surface area contributed by atoms with E-state index in [9.17, 15) is 4.79 Å². The standard InChI is InChI=1S/C19H19Cl2N3O2S/c1-23(2)8-9-24(18(25)14-10-12(20)4-6-15(14)21)19-22-16-11-13(26-3)5-7-17(16)27-19/h4-7,10-11H,8-9H2,1-3H3. The Labute approximate surface area is 172 Å². The SMILES string of the molecule is COc1ccc2sc(N(CCN(C)C)C(=O)c3cc(Cl)ccc3Cl)nc2c1. The van der Waals surface area contributed by atoms with Gasteiger partial charge in [0.15, 0.2) is 5.13 Å². The molecule has 3 aromatic rings. The summed E-state index contributed by atoms with van der Waals surface area (Å²) < 4.78 is 6.24. The second kappa shape index (κ2) is 8.44. The molecule has 0 unspecified atom stereocenters. The minimum absolute atomic E-state index is 0.227. The van der Waals surface area contributed by atoms with E-state index in [0.717, 1.165) is 16.0 Å². The van der Waals surface area contributed by atoms with Crippen molar-refractivity contribution < 1.29 is 9.53 Å². The molecule has 142 valence electrons. The van der Waals surface area contributed by atoms with Gasteiger partial charge in [-0.2, -0.15) is 0 Å². The highest BCUT2D eigenvalue weighted by Gasteiger charge is 2.23. The molecule has 0 saturated carbocycles. The van der Waals surface area contributed by atoms with Crippen LogP contribution in [0.15, 0.2) is 36.4 Å². The largest absolute Gasteiger partial charge is 0.497 e. The number of carbonyl (C=O) groups is 1. The van der Waals surface area contributed by atoms with E-state index < -0.39 is 0 Å². The number of likely N-dealkylation sites (N-methyl/N-ethyl adjacent to an activating group) is 1. The Balaban J connectivity index is 2.02. The van der Waals surface area contributed by atoms with E-state index >= 15 is 0 Å². The molecule has 0 radical (unpaired) electrons. The van der Waals surface area contributed by atoms with Crippen LogP contribution in [0.1, 0.15) is 10.4 Å². The average Bonchev–Trinajstić information content (AvgIpc) is 3.06. The molecule has 1 amide bonds. The van der Waals surface area contributed by atoms with Crippen LogP contribution in [0.5, 0.6) is 5.75 Å². The van der Waals surface area contributed by atoms with Gasteiger partial charge in [0.05, 0.1) is 27.9 Å². The van der Waals surface area contributed by atoms with Gasteiger partial charge in [0, 0.05) is 24.2 Å². The van der Waals surface area contributed by atoms with Crippen molar-refractivity contribution in [2.24, 2.45) is 0 Å². The van der Waals surface area contributed by atoms with E-state index in [0.29, 0.717) is 33.8 Å². The number of hydrogen-bond donors (Lipinski definition) is 0. The molecular formula is C19H19Cl2N3O2S. The first-order chi connectivity index (χ1) is 12.9. The number of aromatic nitrogens is 1.